The van der Waals surface area contributed by atoms with Crippen molar-refractivity contribution in [2.75, 3.05) is 23.7 Å². The number of rotatable bonds is 11. The molecule has 0 radical (unpaired) electrons. The molecule has 0 aliphatic rings. The van der Waals surface area contributed by atoms with E-state index in [-0.39, 0.29) is 12.5 Å². The highest BCUT2D eigenvalue weighted by Crippen LogP contribution is 2.25. The lowest BCUT2D eigenvalue weighted by Crippen LogP contribution is -2.51. The van der Waals surface area contributed by atoms with E-state index in [2.05, 4.69) is 37.2 Å². The van der Waals surface area contributed by atoms with Gasteiger partial charge in [-0.25, -0.2) is 8.42 Å². The zero-order chi connectivity index (χ0) is 25.5. The Morgan fingerprint density at radius 1 is 1.09 bits per heavy atom. The average molecular weight is 617 g/mol. The van der Waals surface area contributed by atoms with Crippen molar-refractivity contribution in [1.29, 1.82) is 0 Å². The number of sulfonamides is 1. The second-order valence-electron chi connectivity index (χ2n) is 8.17. The molecule has 186 valence electrons. The molecule has 34 heavy (non-hydrogen) atoms. The number of nitrogens with one attached hydrogen (secondary N) is 1. The van der Waals surface area contributed by atoms with Crippen molar-refractivity contribution in [3.05, 3.63) is 62.5 Å². The fourth-order valence-electron chi connectivity index (χ4n) is 3.30. The predicted octanol–water partition coefficient (Wildman–Crippen LogP) is 4.62. The lowest BCUT2D eigenvalue weighted by molar-refractivity contribution is -0.139. The highest BCUT2D eigenvalue weighted by atomic mass is 79.9. The Bertz CT molecular complexity index is 1110. The zero-order valence-electron chi connectivity index (χ0n) is 19.8. The maximum Gasteiger partial charge on any atom is 0.244 e. The first-order chi connectivity index (χ1) is 15.9. The lowest BCUT2D eigenvalue weighted by Gasteiger charge is -2.31. The van der Waals surface area contributed by atoms with E-state index in [1.54, 1.807) is 25.1 Å². The van der Waals surface area contributed by atoms with Gasteiger partial charge in [0.15, 0.2) is 0 Å². The fourth-order valence-corrected chi connectivity index (χ4v) is 4.66. The Kier molecular flexibility index (Phi) is 10.6. The molecule has 10 heteroatoms. The second kappa shape index (κ2) is 12.7. The molecule has 0 spiro atoms. The minimum Gasteiger partial charge on any atom is -0.354 e. The van der Waals surface area contributed by atoms with Crippen LogP contribution in [-0.2, 0) is 26.2 Å². The van der Waals surface area contributed by atoms with Crippen LogP contribution in [0, 0.1) is 6.92 Å². The first-order valence-corrected chi connectivity index (χ1v) is 14.4. The van der Waals surface area contributed by atoms with Gasteiger partial charge >= 0.3 is 0 Å². The summed E-state index contributed by atoms with van der Waals surface area (Å²) in [5.41, 5.74) is 2.06. The van der Waals surface area contributed by atoms with Crippen LogP contribution in [0.15, 0.2) is 51.4 Å². The number of hydrogen-bond acceptors (Lipinski definition) is 4. The fraction of sp³-hybridized carbons (Fsp3) is 0.417. The van der Waals surface area contributed by atoms with Crippen molar-refractivity contribution in [3.8, 4) is 0 Å². The number of hydrogen-bond donors (Lipinski definition) is 1. The molecular formula is C24H31Br2N3O4S. The minimum absolute atomic E-state index is 0.172. The van der Waals surface area contributed by atoms with Gasteiger partial charge < -0.3 is 10.2 Å². The van der Waals surface area contributed by atoms with Gasteiger partial charge in [-0.1, -0.05) is 57.3 Å². The summed E-state index contributed by atoms with van der Waals surface area (Å²) in [5, 5.41) is 2.87. The molecule has 0 saturated carbocycles. The van der Waals surface area contributed by atoms with Crippen molar-refractivity contribution < 1.29 is 18.0 Å². The summed E-state index contributed by atoms with van der Waals surface area (Å²) in [5.74, 6) is -0.739. The number of carbonyl (C=O) groups is 2. The Morgan fingerprint density at radius 3 is 2.29 bits per heavy atom. The molecule has 2 aromatic carbocycles. The van der Waals surface area contributed by atoms with Crippen LogP contribution in [0.1, 0.15) is 37.8 Å². The number of benzene rings is 2. The van der Waals surface area contributed by atoms with E-state index in [0.29, 0.717) is 12.2 Å². The van der Waals surface area contributed by atoms with Crippen LogP contribution in [0.4, 0.5) is 5.69 Å². The normalized spacial score (nSPS) is 12.2. The number of aryl methyl sites for hydroxylation is 1. The van der Waals surface area contributed by atoms with Crippen LogP contribution in [0.25, 0.3) is 0 Å². The summed E-state index contributed by atoms with van der Waals surface area (Å²) in [6.07, 6.45) is 2.84. The second-order valence-corrected chi connectivity index (χ2v) is 11.8. The maximum atomic E-state index is 13.5. The standard InChI is InChI=1S/C24H31Br2N3O4S/c1-5-6-13-27-24(31)18(3)28(15-19-7-9-20(25)10-8-19)23(30)16-29(34(4,32)33)21-11-12-22(26)17(2)14-21/h7-12,14,18H,5-6,13,15-16H2,1-4H3,(H,27,31)/t18-/m1/s1. The molecular weight excluding hydrogens is 586 g/mol. The summed E-state index contributed by atoms with van der Waals surface area (Å²) in [4.78, 5) is 27.7. The Labute approximate surface area is 219 Å². The summed E-state index contributed by atoms with van der Waals surface area (Å²) >= 11 is 6.81. The predicted molar refractivity (Wildman–Crippen MR) is 143 cm³/mol. The van der Waals surface area contributed by atoms with Crippen LogP contribution < -0.4 is 9.62 Å². The molecule has 1 N–H and O–H groups in total. The van der Waals surface area contributed by atoms with E-state index < -0.39 is 28.5 Å². The summed E-state index contributed by atoms with van der Waals surface area (Å²) < 4.78 is 28.0. The summed E-state index contributed by atoms with van der Waals surface area (Å²) in [7, 11) is -3.75. The SMILES string of the molecule is CCCCNC(=O)[C@@H](C)N(Cc1ccc(Br)cc1)C(=O)CN(c1ccc(Br)c(C)c1)S(C)(=O)=O. The van der Waals surface area contributed by atoms with Crippen molar-refractivity contribution >= 4 is 59.4 Å². The highest BCUT2D eigenvalue weighted by molar-refractivity contribution is 9.10. The molecule has 0 fully saturated rings. The van der Waals surface area contributed by atoms with E-state index >= 15 is 0 Å². The lowest BCUT2D eigenvalue weighted by atomic mass is 10.1. The first kappa shape index (κ1) is 28.3. The molecule has 0 heterocycles. The maximum absolute atomic E-state index is 13.5. The number of unbranched alkanes of at least 4 members (excludes halogenated alkanes) is 1. The number of nitrogens with zero attached hydrogens (tertiary/aromatic N) is 2. The molecule has 2 rings (SSSR count). The van der Waals surface area contributed by atoms with Gasteiger partial charge in [0.2, 0.25) is 21.8 Å². The van der Waals surface area contributed by atoms with Crippen LogP contribution in [-0.4, -0.2) is 50.5 Å². The van der Waals surface area contributed by atoms with Gasteiger partial charge in [0.25, 0.3) is 0 Å². The molecule has 2 amide bonds. The van der Waals surface area contributed by atoms with Gasteiger partial charge in [-0.3, -0.25) is 13.9 Å². The van der Waals surface area contributed by atoms with Gasteiger partial charge in [-0.05, 0) is 61.7 Å². The molecule has 1 atom stereocenters. The third-order valence-electron chi connectivity index (χ3n) is 5.37. The highest BCUT2D eigenvalue weighted by Gasteiger charge is 2.30. The molecule has 0 aliphatic carbocycles. The number of anilines is 1. The van der Waals surface area contributed by atoms with Crippen molar-refractivity contribution in [3.63, 3.8) is 0 Å². The third-order valence-corrected chi connectivity index (χ3v) is 7.93. The van der Waals surface area contributed by atoms with Gasteiger partial charge in [0.05, 0.1) is 11.9 Å². The number of carbonyl (C=O) groups excluding carboxylic acids is 2. The van der Waals surface area contributed by atoms with E-state index in [1.165, 1.54) is 4.90 Å². The van der Waals surface area contributed by atoms with Crippen molar-refractivity contribution in [2.45, 2.75) is 46.2 Å². The van der Waals surface area contributed by atoms with Crippen LogP contribution in [0.3, 0.4) is 0 Å². The Morgan fingerprint density at radius 2 is 1.74 bits per heavy atom. The van der Waals surface area contributed by atoms with Gasteiger partial charge in [-0.15, -0.1) is 0 Å². The van der Waals surface area contributed by atoms with E-state index in [9.17, 15) is 18.0 Å². The molecule has 0 saturated heterocycles. The van der Waals surface area contributed by atoms with E-state index in [4.69, 9.17) is 0 Å². The van der Waals surface area contributed by atoms with Crippen molar-refractivity contribution in [1.82, 2.24) is 10.2 Å². The average Bonchev–Trinajstić information content (AvgIpc) is 2.77. The smallest absolute Gasteiger partial charge is 0.244 e. The molecule has 0 aromatic heterocycles. The molecule has 0 aliphatic heterocycles. The minimum atomic E-state index is -3.75. The summed E-state index contributed by atoms with van der Waals surface area (Å²) in [6, 6.07) is 11.8. The van der Waals surface area contributed by atoms with Crippen LogP contribution in [0.2, 0.25) is 0 Å². The molecule has 2 aromatic rings. The zero-order valence-corrected chi connectivity index (χ0v) is 23.8. The first-order valence-electron chi connectivity index (χ1n) is 11.0. The third kappa shape index (κ3) is 8.09. The largest absolute Gasteiger partial charge is 0.354 e. The topological polar surface area (TPSA) is 86.8 Å². The van der Waals surface area contributed by atoms with Crippen molar-refractivity contribution in [2.24, 2.45) is 0 Å². The number of halogens is 2. The van der Waals surface area contributed by atoms with E-state index in [1.807, 2.05) is 38.1 Å². The van der Waals surface area contributed by atoms with Gasteiger partial charge in [-0.2, -0.15) is 0 Å². The quantitative estimate of drug-likeness (QED) is 0.373. The number of amides is 2. The Balaban J connectivity index is 2.35. The molecule has 0 unspecified atom stereocenters. The summed E-state index contributed by atoms with van der Waals surface area (Å²) in [6.45, 7) is 5.82. The monoisotopic (exact) mass is 615 g/mol. The van der Waals surface area contributed by atoms with E-state index in [0.717, 1.165) is 43.5 Å². The molecule has 0 bridgehead atoms. The van der Waals surface area contributed by atoms with Crippen LogP contribution >= 0.6 is 31.9 Å². The van der Waals surface area contributed by atoms with Crippen LogP contribution in [0.5, 0.6) is 0 Å². The Hall–Kier alpha value is -1.91. The van der Waals surface area contributed by atoms with Gasteiger partial charge in [0, 0.05) is 22.0 Å². The van der Waals surface area contributed by atoms with Gasteiger partial charge in [0.1, 0.15) is 12.6 Å². The molecule has 7 nitrogen and oxygen atoms in total.